The zero-order valence-electron chi connectivity index (χ0n) is 17.0. The summed E-state index contributed by atoms with van der Waals surface area (Å²) < 4.78 is 0. The molecule has 1 aromatic heterocycles. The zero-order chi connectivity index (χ0) is 21.1. The second-order valence-corrected chi connectivity index (χ2v) is 7.41. The SMILES string of the molecule is CN(C)CCCN1c2ccccc2C(c2ccccc2[N+](=O)[O-])=Nc2cccnc21. The molecule has 0 saturated heterocycles. The first-order valence-electron chi connectivity index (χ1n) is 9.85. The van der Waals surface area contributed by atoms with E-state index in [-0.39, 0.29) is 10.6 Å². The van der Waals surface area contributed by atoms with Crippen LogP contribution in [0.3, 0.4) is 0 Å². The van der Waals surface area contributed by atoms with Gasteiger partial charge in [0.05, 0.1) is 21.9 Å². The Morgan fingerprint density at radius 3 is 2.50 bits per heavy atom. The van der Waals surface area contributed by atoms with E-state index in [0.29, 0.717) is 17.0 Å². The van der Waals surface area contributed by atoms with Crippen LogP contribution in [0.15, 0.2) is 71.9 Å². The number of rotatable bonds is 6. The molecule has 0 atom stereocenters. The summed E-state index contributed by atoms with van der Waals surface area (Å²) in [7, 11) is 4.11. The van der Waals surface area contributed by atoms with Crippen LogP contribution in [0.5, 0.6) is 0 Å². The van der Waals surface area contributed by atoms with Crippen LogP contribution >= 0.6 is 0 Å². The number of benzene rings is 2. The Hall–Kier alpha value is -3.58. The van der Waals surface area contributed by atoms with Crippen molar-refractivity contribution in [2.24, 2.45) is 4.99 Å². The third-order valence-electron chi connectivity index (χ3n) is 5.05. The Bertz CT molecular complexity index is 1110. The van der Waals surface area contributed by atoms with Crippen molar-refractivity contribution in [1.29, 1.82) is 0 Å². The predicted molar refractivity (Wildman–Crippen MR) is 119 cm³/mol. The lowest BCUT2D eigenvalue weighted by Crippen LogP contribution is -2.24. The molecule has 7 heteroatoms. The summed E-state index contributed by atoms with van der Waals surface area (Å²) in [5.74, 6) is 0.761. The average Bonchev–Trinajstić information content (AvgIpc) is 2.89. The lowest BCUT2D eigenvalue weighted by molar-refractivity contribution is -0.385. The Labute approximate surface area is 175 Å². The second kappa shape index (κ2) is 8.42. The number of hydrogen-bond donors (Lipinski definition) is 0. The molecule has 0 amide bonds. The molecule has 1 aliphatic rings. The highest BCUT2D eigenvalue weighted by molar-refractivity contribution is 6.20. The molecule has 0 unspecified atom stereocenters. The molecule has 7 nitrogen and oxygen atoms in total. The summed E-state index contributed by atoms with van der Waals surface area (Å²) in [5.41, 5.74) is 3.63. The van der Waals surface area contributed by atoms with E-state index in [1.807, 2.05) is 36.4 Å². The number of aromatic nitrogens is 1. The molecule has 2 heterocycles. The van der Waals surface area contributed by atoms with Gasteiger partial charge in [-0.2, -0.15) is 0 Å². The first kappa shape index (κ1) is 19.7. The standard InChI is InChI=1S/C23H23N5O2/c1-26(2)15-8-16-27-20-12-5-3-9-17(20)22(25-19-11-7-14-24-23(19)27)18-10-4-6-13-21(18)28(29)30/h3-7,9-14H,8,15-16H2,1-2H3. The molecule has 1 aliphatic heterocycles. The molecular weight excluding hydrogens is 378 g/mol. The van der Waals surface area contributed by atoms with Gasteiger partial charge in [0.15, 0.2) is 5.82 Å². The van der Waals surface area contributed by atoms with Gasteiger partial charge in [0.25, 0.3) is 5.69 Å². The summed E-state index contributed by atoms with van der Waals surface area (Å²) in [6, 6.07) is 18.4. The van der Waals surface area contributed by atoms with E-state index < -0.39 is 0 Å². The van der Waals surface area contributed by atoms with E-state index >= 15 is 0 Å². The number of nitro benzene ring substituents is 1. The van der Waals surface area contributed by atoms with E-state index in [1.165, 1.54) is 6.07 Å². The Balaban J connectivity index is 1.91. The summed E-state index contributed by atoms with van der Waals surface area (Å²) in [4.78, 5) is 25.2. The quantitative estimate of drug-likeness (QED) is 0.447. The second-order valence-electron chi connectivity index (χ2n) is 7.41. The minimum atomic E-state index is -0.357. The summed E-state index contributed by atoms with van der Waals surface area (Å²) in [6.07, 6.45) is 2.70. The van der Waals surface area contributed by atoms with Crippen molar-refractivity contribution in [3.63, 3.8) is 0 Å². The van der Waals surface area contributed by atoms with Gasteiger partial charge >= 0.3 is 0 Å². The molecule has 2 aromatic carbocycles. The Kier molecular flexibility index (Phi) is 5.54. The first-order valence-corrected chi connectivity index (χ1v) is 9.85. The maximum absolute atomic E-state index is 11.7. The molecule has 0 N–H and O–H groups in total. The van der Waals surface area contributed by atoms with Gasteiger partial charge in [0.2, 0.25) is 0 Å². The highest BCUT2D eigenvalue weighted by Crippen LogP contribution is 2.40. The lowest BCUT2D eigenvalue weighted by Gasteiger charge is -2.26. The number of hydrogen-bond acceptors (Lipinski definition) is 6. The fraction of sp³-hybridized carbons (Fsp3) is 0.217. The Morgan fingerprint density at radius 1 is 1.00 bits per heavy atom. The van der Waals surface area contributed by atoms with Gasteiger partial charge in [-0.15, -0.1) is 0 Å². The van der Waals surface area contributed by atoms with Crippen LogP contribution < -0.4 is 4.90 Å². The fourth-order valence-electron chi connectivity index (χ4n) is 3.70. The van der Waals surface area contributed by atoms with Crippen molar-refractivity contribution in [3.05, 3.63) is 88.1 Å². The Morgan fingerprint density at radius 2 is 1.73 bits per heavy atom. The largest absolute Gasteiger partial charge is 0.324 e. The number of nitrogens with zero attached hydrogens (tertiary/aromatic N) is 5. The van der Waals surface area contributed by atoms with E-state index in [0.717, 1.165) is 36.6 Å². The van der Waals surface area contributed by atoms with E-state index in [9.17, 15) is 10.1 Å². The van der Waals surface area contributed by atoms with E-state index in [1.54, 1.807) is 24.4 Å². The molecule has 0 saturated carbocycles. The minimum absolute atomic E-state index is 0.0394. The maximum atomic E-state index is 11.7. The molecule has 30 heavy (non-hydrogen) atoms. The average molecular weight is 401 g/mol. The number of fused-ring (bicyclic) bond motifs is 2. The summed E-state index contributed by atoms with van der Waals surface area (Å²) in [6.45, 7) is 1.71. The minimum Gasteiger partial charge on any atom is -0.324 e. The summed E-state index contributed by atoms with van der Waals surface area (Å²) in [5, 5.41) is 11.7. The molecule has 0 radical (unpaired) electrons. The van der Waals surface area contributed by atoms with Gasteiger partial charge < -0.3 is 9.80 Å². The van der Waals surface area contributed by atoms with Crippen LogP contribution in [0.2, 0.25) is 0 Å². The third kappa shape index (κ3) is 3.79. The fourth-order valence-corrected chi connectivity index (χ4v) is 3.70. The number of anilines is 2. The number of para-hydroxylation sites is 2. The molecule has 0 aliphatic carbocycles. The van der Waals surface area contributed by atoms with Crippen LogP contribution in [0.4, 0.5) is 22.9 Å². The van der Waals surface area contributed by atoms with Gasteiger partial charge in [-0.3, -0.25) is 10.1 Å². The highest BCUT2D eigenvalue weighted by atomic mass is 16.6. The number of aliphatic imine (C=N–C) groups is 1. The lowest BCUT2D eigenvalue weighted by atomic mass is 9.98. The van der Waals surface area contributed by atoms with Crippen LogP contribution in [0.1, 0.15) is 17.5 Å². The molecule has 0 bridgehead atoms. The van der Waals surface area contributed by atoms with Crippen LogP contribution in [0.25, 0.3) is 0 Å². The summed E-state index contributed by atoms with van der Waals surface area (Å²) >= 11 is 0. The number of nitro groups is 1. The van der Waals surface area contributed by atoms with Crippen molar-refractivity contribution in [2.75, 3.05) is 32.1 Å². The van der Waals surface area contributed by atoms with Crippen LogP contribution in [0, 0.1) is 10.1 Å². The first-order chi connectivity index (χ1) is 14.6. The normalized spacial score (nSPS) is 12.8. The highest BCUT2D eigenvalue weighted by Gasteiger charge is 2.27. The van der Waals surface area contributed by atoms with Crippen molar-refractivity contribution in [3.8, 4) is 0 Å². The van der Waals surface area contributed by atoms with Gasteiger partial charge in [0, 0.05) is 24.4 Å². The molecule has 3 aromatic rings. The van der Waals surface area contributed by atoms with E-state index in [2.05, 4.69) is 28.9 Å². The van der Waals surface area contributed by atoms with Crippen molar-refractivity contribution in [2.45, 2.75) is 6.42 Å². The zero-order valence-corrected chi connectivity index (χ0v) is 17.0. The van der Waals surface area contributed by atoms with Gasteiger partial charge in [-0.1, -0.05) is 30.3 Å². The van der Waals surface area contributed by atoms with Gasteiger partial charge in [-0.05, 0) is 51.3 Å². The van der Waals surface area contributed by atoms with Crippen molar-refractivity contribution in [1.82, 2.24) is 9.88 Å². The van der Waals surface area contributed by atoms with Gasteiger partial charge in [0.1, 0.15) is 5.69 Å². The third-order valence-corrected chi connectivity index (χ3v) is 5.05. The van der Waals surface area contributed by atoms with Crippen molar-refractivity contribution < 1.29 is 4.92 Å². The molecule has 0 fully saturated rings. The molecule has 4 rings (SSSR count). The van der Waals surface area contributed by atoms with Crippen molar-refractivity contribution >= 4 is 28.6 Å². The van der Waals surface area contributed by atoms with Gasteiger partial charge in [-0.25, -0.2) is 9.98 Å². The molecular formula is C23H23N5O2. The topological polar surface area (TPSA) is 74.9 Å². The van der Waals surface area contributed by atoms with E-state index in [4.69, 9.17) is 4.99 Å². The monoisotopic (exact) mass is 401 g/mol. The predicted octanol–water partition coefficient (Wildman–Crippen LogP) is 4.56. The van der Waals surface area contributed by atoms with Crippen LogP contribution in [-0.2, 0) is 0 Å². The smallest absolute Gasteiger partial charge is 0.278 e. The molecule has 152 valence electrons. The van der Waals surface area contributed by atoms with Crippen LogP contribution in [-0.4, -0.2) is 47.7 Å². The molecule has 0 spiro atoms. The number of pyridine rings is 1. The maximum Gasteiger partial charge on any atom is 0.278 e.